The predicted molar refractivity (Wildman–Crippen MR) is 94.9 cm³/mol. The molecule has 1 aromatic heterocycles. The highest BCUT2D eigenvalue weighted by atomic mass is 127. The fourth-order valence-corrected chi connectivity index (χ4v) is 2.30. The SMILES string of the molecule is CC(=O)Nc1cccc(C(=O)N/N=C\c2cc(Br)c(I)o2)c1. The summed E-state index contributed by atoms with van der Waals surface area (Å²) in [6.45, 7) is 1.40. The largest absolute Gasteiger partial charge is 0.448 e. The number of nitrogens with zero attached hydrogens (tertiary/aromatic N) is 1. The lowest BCUT2D eigenvalue weighted by Gasteiger charge is -2.04. The molecule has 0 aliphatic heterocycles. The number of benzene rings is 1. The summed E-state index contributed by atoms with van der Waals surface area (Å²) in [5, 5.41) is 6.45. The fourth-order valence-electron chi connectivity index (χ4n) is 1.59. The third kappa shape index (κ3) is 4.67. The Morgan fingerprint density at radius 1 is 1.36 bits per heavy atom. The Kier molecular flexibility index (Phi) is 5.72. The van der Waals surface area contributed by atoms with Crippen LogP contribution in [-0.2, 0) is 4.79 Å². The van der Waals surface area contributed by atoms with Crippen molar-refractivity contribution < 1.29 is 14.0 Å². The number of carbonyl (C=O) groups excluding carboxylic acids is 2. The van der Waals surface area contributed by atoms with Crippen LogP contribution in [0.15, 0.2) is 44.3 Å². The summed E-state index contributed by atoms with van der Waals surface area (Å²) in [5.41, 5.74) is 3.33. The van der Waals surface area contributed by atoms with E-state index in [0.717, 1.165) is 4.47 Å². The van der Waals surface area contributed by atoms with Crippen LogP contribution in [0, 0.1) is 3.77 Å². The third-order valence-electron chi connectivity index (χ3n) is 2.47. The van der Waals surface area contributed by atoms with E-state index in [4.69, 9.17) is 4.42 Å². The first-order chi connectivity index (χ1) is 10.5. The molecule has 6 nitrogen and oxygen atoms in total. The molecule has 0 fully saturated rings. The van der Waals surface area contributed by atoms with Gasteiger partial charge in [-0.15, -0.1) is 0 Å². The van der Waals surface area contributed by atoms with Gasteiger partial charge in [0.25, 0.3) is 5.91 Å². The molecule has 2 N–H and O–H groups in total. The molecule has 0 saturated heterocycles. The smallest absolute Gasteiger partial charge is 0.271 e. The first kappa shape index (κ1) is 16.7. The van der Waals surface area contributed by atoms with E-state index in [9.17, 15) is 9.59 Å². The van der Waals surface area contributed by atoms with Gasteiger partial charge in [-0.05, 0) is 34.1 Å². The number of halogens is 2. The maximum atomic E-state index is 12.0. The van der Waals surface area contributed by atoms with E-state index in [2.05, 4.69) is 31.8 Å². The van der Waals surface area contributed by atoms with Crippen LogP contribution in [0.4, 0.5) is 5.69 Å². The van der Waals surface area contributed by atoms with Gasteiger partial charge in [-0.1, -0.05) is 6.07 Å². The molecule has 0 aliphatic carbocycles. The van der Waals surface area contributed by atoms with Gasteiger partial charge in [0.15, 0.2) is 3.77 Å². The highest BCUT2D eigenvalue weighted by molar-refractivity contribution is 14.1. The average Bonchev–Trinajstić information content (AvgIpc) is 2.77. The van der Waals surface area contributed by atoms with Gasteiger partial charge in [-0.3, -0.25) is 9.59 Å². The zero-order valence-corrected chi connectivity index (χ0v) is 15.1. The number of nitrogens with one attached hydrogen (secondary N) is 2. The fraction of sp³-hybridized carbons (Fsp3) is 0.0714. The molecular weight excluding hydrogens is 465 g/mol. The van der Waals surface area contributed by atoms with Crippen LogP contribution in [0.2, 0.25) is 0 Å². The first-order valence-corrected chi connectivity index (χ1v) is 7.99. The highest BCUT2D eigenvalue weighted by Crippen LogP contribution is 2.21. The lowest BCUT2D eigenvalue weighted by molar-refractivity contribution is -0.114. The van der Waals surface area contributed by atoms with Crippen LogP contribution in [0.5, 0.6) is 0 Å². The Balaban J connectivity index is 2.01. The standard InChI is InChI=1S/C14H11BrIN3O3/c1-8(20)18-10-4-2-3-9(5-10)14(21)19-17-7-11-6-12(15)13(16)22-11/h2-7H,1H3,(H,18,20)(H,19,21)/b17-7-. The molecule has 22 heavy (non-hydrogen) atoms. The number of amides is 2. The Labute approximate surface area is 148 Å². The van der Waals surface area contributed by atoms with Crippen molar-refractivity contribution in [2.45, 2.75) is 6.92 Å². The van der Waals surface area contributed by atoms with E-state index in [-0.39, 0.29) is 11.8 Å². The van der Waals surface area contributed by atoms with Crippen LogP contribution < -0.4 is 10.7 Å². The van der Waals surface area contributed by atoms with Crippen molar-refractivity contribution in [1.82, 2.24) is 5.43 Å². The minimum Gasteiger partial charge on any atom is -0.448 e. The zero-order valence-electron chi connectivity index (χ0n) is 11.4. The molecule has 114 valence electrons. The van der Waals surface area contributed by atoms with Gasteiger partial charge < -0.3 is 9.73 Å². The molecular formula is C14H11BrIN3O3. The lowest BCUT2D eigenvalue weighted by Crippen LogP contribution is -2.18. The van der Waals surface area contributed by atoms with E-state index in [1.807, 2.05) is 22.6 Å². The van der Waals surface area contributed by atoms with Crippen molar-refractivity contribution in [3.05, 3.63) is 49.9 Å². The summed E-state index contributed by atoms with van der Waals surface area (Å²) >= 11 is 5.35. The van der Waals surface area contributed by atoms with Crippen LogP contribution in [0.3, 0.4) is 0 Å². The Bertz CT molecular complexity index is 723. The first-order valence-electron chi connectivity index (χ1n) is 6.11. The van der Waals surface area contributed by atoms with Crippen molar-refractivity contribution in [3.63, 3.8) is 0 Å². The molecule has 1 heterocycles. The Morgan fingerprint density at radius 2 is 2.14 bits per heavy atom. The monoisotopic (exact) mass is 475 g/mol. The second kappa shape index (κ2) is 7.54. The highest BCUT2D eigenvalue weighted by Gasteiger charge is 2.07. The summed E-state index contributed by atoms with van der Waals surface area (Å²) in [6.07, 6.45) is 1.41. The van der Waals surface area contributed by atoms with E-state index in [1.165, 1.54) is 13.1 Å². The van der Waals surface area contributed by atoms with Crippen molar-refractivity contribution in [3.8, 4) is 0 Å². The molecule has 0 radical (unpaired) electrons. The number of furan rings is 1. The van der Waals surface area contributed by atoms with Gasteiger partial charge in [-0.2, -0.15) is 5.10 Å². The molecule has 2 rings (SSSR count). The summed E-state index contributed by atoms with van der Waals surface area (Å²) < 4.78 is 6.88. The minimum absolute atomic E-state index is 0.200. The third-order valence-corrected chi connectivity index (χ3v) is 4.60. The van der Waals surface area contributed by atoms with Crippen molar-refractivity contribution in [2.24, 2.45) is 5.10 Å². The van der Waals surface area contributed by atoms with Crippen molar-refractivity contribution in [1.29, 1.82) is 0 Å². The minimum atomic E-state index is -0.385. The normalized spacial score (nSPS) is 10.7. The van der Waals surface area contributed by atoms with Crippen LogP contribution >= 0.6 is 38.5 Å². The number of hydrazone groups is 1. The van der Waals surface area contributed by atoms with Gasteiger partial charge >= 0.3 is 0 Å². The second-order valence-electron chi connectivity index (χ2n) is 4.23. The Hall–Kier alpha value is -1.68. The maximum Gasteiger partial charge on any atom is 0.271 e. The molecule has 2 aromatic rings. The zero-order chi connectivity index (χ0) is 16.1. The van der Waals surface area contributed by atoms with Crippen molar-refractivity contribution >= 4 is 62.2 Å². The average molecular weight is 476 g/mol. The van der Waals surface area contributed by atoms with Gasteiger partial charge in [-0.25, -0.2) is 5.43 Å². The van der Waals surface area contributed by atoms with E-state index in [0.29, 0.717) is 20.8 Å². The molecule has 0 aliphatic rings. The van der Waals surface area contributed by atoms with E-state index >= 15 is 0 Å². The molecule has 0 spiro atoms. The maximum absolute atomic E-state index is 12.0. The number of hydrogen-bond donors (Lipinski definition) is 2. The molecule has 1 aromatic carbocycles. The van der Waals surface area contributed by atoms with Gasteiger partial charge in [0.2, 0.25) is 5.91 Å². The topological polar surface area (TPSA) is 83.7 Å². The molecule has 0 atom stereocenters. The van der Waals surface area contributed by atoms with Crippen LogP contribution in [0.25, 0.3) is 0 Å². The molecule has 2 amide bonds. The number of rotatable bonds is 4. The van der Waals surface area contributed by atoms with Crippen LogP contribution in [-0.4, -0.2) is 18.0 Å². The summed E-state index contributed by atoms with van der Waals surface area (Å²) in [6, 6.07) is 8.32. The summed E-state index contributed by atoms with van der Waals surface area (Å²) in [5.74, 6) is -0.0686. The summed E-state index contributed by atoms with van der Waals surface area (Å²) in [4.78, 5) is 23.0. The Morgan fingerprint density at radius 3 is 2.77 bits per heavy atom. The van der Waals surface area contributed by atoms with E-state index in [1.54, 1.807) is 30.3 Å². The van der Waals surface area contributed by atoms with Gasteiger partial charge in [0.05, 0.1) is 10.7 Å². The van der Waals surface area contributed by atoms with Crippen molar-refractivity contribution in [2.75, 3.05) is 5.32 Å². The summed E-state index contributed by atoms with van der Waals surface area (Å²) in [7, 11) is 0. The van der Waals surface area contributed by atoms with Gasteiger partial charge in [0.1, 0.15) is 5.76 Å². The van der Waals surface area contributed by atoms with Crippen LogP contribution in [0.1, 0.15) is 23.0 Å². The second-order valence-corrected chi connectivity index (χ2v) is 6.07. The number of carbonyl (C=O) groups is 2. The quantitative estimate of drug-likeness (QED) is 0.404. The predicted octanol–water partition coefficient (Wildman–Crippen LogP) is 3.37. The van der Waals surface area contributed by atoms with E-state index < -0.39 is 0 Å². The number of anilines is 1. The molecule has 0 bridgehead atoms. The lowest BCUT2D eigenvalue weighted by atomic mass is 10.2. The molecule has 0 saturated carbocycles. The molecule has 0 unspecified atom stereocenters. The number of hydrogen-bond acceptors (Lipinski definition) is 4. The van der Waals surface area contributed by atoms with Gasteiger partial charge in [0, 0.05) is 46.8 Å². The molecule has 8 heteroatoms.